The summed E-state index contributed by atoms with van der Waals surface area (Å²) in [6.45, 7) is 0. The van der Waals surface area contributed by atoms with E-state index >= 15 is 0 Å². The topological polar surface area (TPSA) is 64.9 Å². The first-order valence-corrected chi connectivity index (χ1v) is 4.67. The molecular weight excluding hydrogens is 281 g/mol. The van der Waals surface area contributed by atoms with Gasteiger partial charge in [-0.25, -0.2) is 9.97 Å². The number of hydrogen-bond acceptors (Lipinski definition) is 4. The SMILES string of the molecule is Nc1nc(-c2ccco2)ncc1I. The van der Waals surface area contributed by atoms with E-state index in [4.69, 9.17) is 10.2 Å². The molecule has 0 aliphatic rings. The number of halogens is 1. The predicted octanol–water partition coefficient (Wildman–Crippen LogP) is 1.92. The number of aromatic nitrogens is 2. The minimum atomic E-state index is 0.474. The number of nitrogens with zero attached hydrogens (tertiary/aromatic N) is 2. The van der Waals surface area contributed by atoms with Crippen LogP contribution in [0.25, 0.3) is 11.6 Å². The van der Waals surface area contributed by atoms with Crippen LogP contribution >= 0.6 is 22.6 Å². The first kappa shape index (κ1) is 8.49. The molecule has 4 nitrogen and oxygen atoms in total. The Bertz CT molecular complexity index is 413. The average Bonchev–Trinajstić information content (AvgIpc) is 2.62. The van der Waals surface area contributed by atoms with Crippen LogP contribution in [0, 0.1) is 3.57 Å². The Morgan fingerprint density at radius 3 is 2.92 bits per heavy atom. The second kappa shape index (κ2) is 3.33. The van der Waals surface area contributed by atoms with E-state index in [1.54, 1.807) is 24.6 Å². The Morgan fingerprint density at radius 1 is 1.46 bits per heavy atom. The summed E-state index contributed by atoms with van der Waals surface area (Å²) in [6, 6.07) is 3.58. The van der Waals surface area contributed by atoms with Gasteiger partial charge in [0.05, 0.1) is 9.83 Å². The van der Waals surface area contributed by atoms with E-state index in [1.165, 1.54) is 0 Å². The van der Waals surface area contributed by atoms with Gasteiger partial charge in [-0.3, -0.25) is 0 Å². The first-order valence-electron chi connectivity index (χ1n) is 3.59. The zero-order valence-corrected chi connectivity index (χ0v) is 8.72. The molecule has 2 rings (SSSR count). The van der Waals surface area contributed by atoms with Crippen LogP contribution in [0.2, 0.25) is 0 Å². The second-order valence-corrected chi connectivity index (χ2v) is 3.57. The lowest BCUT2D eigenvalue weighted by atomic mass is 10.4. The van der Waals surface area contributed by atoms with Crippen molar-refractivity contribution in [2.24, 2.45) is 0 Å². The molecule has 0 aromatic carbocycles. The minimum Gasteiger partial charge on any atom is -0.461 e. The average molecular weight is 287 g/mol. The van der Waals surface area contributed by atoms with E-state index in [9.17, 15) is 0 Å². The van der Waals surface area contributed by atoms with E-state index in [2.05, 4.69) is 32.6 Å². The van der Waals surface area contributed by atoms with Gasteiger partial charge >= 0.3 is 0 Å². The van der Waals surface area contributed by atoms with Crippen molar-refractivity contribution in [3.8, 4) is 11.6 Å². The zero-order chi connectivity index (χ0) is 9.26. The van der Waals surface area contributed by atoms with Crippen molar-refractivity contribution in [2.75, 3.05) is 5.73 Å². The molecule has 2 aromatic rings. The van der Waals surface area contributed by atoms with Crippen LogP contribution in [0.4, 0.5) is 5.82 Å². The molecule has 5 heteroatoms. The minimum absolute atomic E-state index is 0.474. The van der Waals surface area contributed by atoms with Gasteiger partial charge in [0, 0.05) is 6.20 Å². The Morgan fingerprint density at radius 2 is 2.31 bits per heavy atom. The molecule has 0 unspecified atom stereocenters. The molecule has 0 atom stereocenters. The second-order valence-electron chi connectivity index (χ2n) is 2.40. The lowest BCUT2D eigenvalue weighted by Gasteiger charge is -1.98. The fourth-order valence-electron chi connectivity index (χ4n) is 0.905. The highest BCUT2D eigenvalue weighted by molar-refractivity contribution is 14.1. The Labute approximate surface area is 88.3 Å². The van der Waals surface area contributed by atoms with Crippen LogP contribution in [0.15, 0.2) is 29.0 Å². The third-order valence-corrected chi connectivity index (χ3v) is 2.34. The molecule has 2 heterocycles. The van der Waals surface area contributed by atoms with Gasteiger partial charge in [0.15, 0.2) is 11.6 Å². The molecule has 2 aromatic heterocycles. The number of hydrogen-bond donors (Lipinski definition) is 1. The van der Waals surface area contributed by atoms with E-state index in [-0.39, 0.29) is 0 Å². The van der Waals surface area contributed by atoms with Crippen molar-refractivity contribution < 1.29 is 4.42 Å². The molecule has 0 amide bonds. The van der Waals surface area contributed by atoms with Gasteiger partial charge < -0.3 is 10.2 Å². The quantitative estimate of drug-likeness (QED) is 0.814. The number of anilines is 1. The summed E-state index contributed by atoms with van der Waals surface area (Å²) in [5.41, 5.74) is 5.63. The van der Waals surface area contributed by atoms with E-state index in [1.807, 2.05) is 0 Å². The summed E-state index contributed by atoms with van der Waals surface area (Å²) in [4.78, 5) is 8.17. The van der Waals surface area contributed by atoms with Crippen molar-refractivity contribution in [1.82, 2.24) is 9.97 Å². The van der Waals surface area contributed by atoms with Crippen LogP contribution in [-0.4, -0.2) is 9.97 Å². The summed E-state index contributed by atoms with van der Waals surface area (Å²) < 4.78 is 5.97. The van der Waals surface area contributed by atoms with Crippen LogP contribution < -0.4 is 5.73 Å². The maximum Gasteiger partial charge on any atom is 0.197 e. The number of nitrogens with two attached hydrogens (primary N) is 1. The molecule has 0 bridgehead atoms. The Balaban J connectivity index is 2.49. The van der Waals surface area contributed by atoms with Crippen molar-refractivity contribution in [3.63, 3.8) is 0 Å². The smallest absolute Gasteiger partial charge is 0.197 e. The molecular formula is C8H6IN3O. The molecule has 13 heavy (non-hydrogen) atoms. The molecule has 0 radical (unpaired) electrons. The highest BCUT2D eigenvalue weighted by Gasteiger charge is 2.05. The first-order chi connectivity index (χ1) is 6.27. The lowest BCUT2D eigenvalue weighted by Crippen LogP contribution is -1.97. The summed E-state index contributed by atoms with van der Waals surface area (Å²) in [5, 5.41) is 0. The van der Waals surface area contributed by atoms with Crippen molar-refractivity contribution in [2.45, 2.75) is 0 Å². The standard InChI is InChI=1S/C8H6IN3O/c9-5-4-11-8(12-7(5)10)6-2-1-3-13-6/h1-4H,(H2,10,11,12). The van der Waals surface area contributed by atoms with Crippen molar-refractivity contribution in [3.05, 3.63) is 28.2 Å². The van der Waals surface area contributed by atoms with Gasteiger partial charge in [0.25, 0.3) is 0 Å². The summed E-state index contributed by atoms with van der Waals surface area (Å²) in [7, 11) is 0. The van der Waals surface area contributed by atoms with Crippen LogP contribution in [0.1, 0.15) is 0 Å². The van der Waals surface area contributed by atoms with Crippen LogP contribution in [-0.2, 0) is 0 Å². The van der Waals surface area contributed by atoms with Gasteiger partial charge in [0.2, 0.25) is 0 Å². The van der Waals surface area contributed by atoms with Gasteiger partial charge in [-0.15, -0.1) is 0 Å². The predicted molar refractivity (Wildman–Crippen MR) is 56.9 cm³/mol. The number of nitrogen functional groups attached to an aromatic ring is 1. The Hall–Kier alpha value is -1.11. The monoisotopic (exact) mass is 287 g/mol. The van der Waals surface area contributed by atoms with Gasteiger partial charge in [-0.1, -0.05) is 0 Å². The van der Waals surface area contributed by atoms with Crippen molar-refractivity contribution in [1.29, 1.82) is 0 Å². The molecule has 2 N–H and O–H groups in total. The van der Waals surface area contributed by atoms with E-state index in [0.29, 0.717) is 17.4 Å². The Kier molecular flexibility index (Phi) is 2.17. The maximum atomic E-state index is 5.63. The lowest BCUT2D eigenvalue weighted by molar-refractivity contribution is 0.577. The van der Waals surface area contributed by atoms with E-state index < -0.39 is 0 Å². The number of rotatable bonds is 1. The molecule has 0 spiro atoms. The summed E-state index contributed by atoms with van der Waals surface area (Å²) >= 11 is 2.08. The van der Waals surface area contributed by atoms with Gasteiger partial charge in [-0.05, 0) is 34.7 Å². The molecule has 0 saturated carbocycles. The van der Waals surface area contributed by atoms with Crippen LogP contribution in [0.5, 0.6) is 0 Å². The fourth-order valence-corrected chi connectivity index (χ4v) is 1.16. The molecule has 0 fully saturated rings. The third-order valence-electron chi connectivity index (χ3n) is 1.51. The van der Waals surface area contributed by atoms with Gasteiger partial charge in [0.1, 0.15) is 5.82 Å². The third kappa shape index (κ3) is 1.64. The molecule has 0 saturated heterocycles. The highest BCUT2D eigenvalue weighted by Crippen LogP contribution is 2.18. The van der Waals surface area contributed by atoms with Crippen molar-refractivity contribution >= 4 is 28.4 Å². The molecule has 0 aliphatic carbocycles. The molecule has 0 aliphatic heterocycles. The van der Waals surface area contributed by atoms with Crippen LogP contribution in [0.3, 0.4) is 0 Å². The summed E-state index contributed by atoms with van der Waals surface area (Å²) in [6.07, 6.45) is 3.24. The summed E-state index contributed by atoms with van der Waals surface area (Å²) in [5.74, 6) is 1.62. The zero-order valence-electron chi connectivity index (χ0n) is 6.57. The number of furan rings is 1. The maximum absolute atomic E-state index is 5.63. The van der Waals surface area contributed by atoms with Gasteiger partial charge in [-0.2, -0.15) is 0 Å². The molecule has 66 valence electrons. The largest absolute Gasteiger partial charge is 0.461 e. The highest BCUT2D eigenvalue weighted by atomic mass is 127. The normalized spacial score (nSPS) is 10.2. The fraction of sp³-hybridized carbons (Fsp3) is 0. The van der Waals surface area contributed by atoms with E-state index in [0.717, 1.165) is 3.57 Å².